The van der Waals surface area contributed by atoms with Crippen molar-refractivity contribution in [2.75, 3.05) is 19.1 Å². The maximum Gasteiger partial charge on any atom is 0.111 e. The lowest BCUT2D eigenvalue weighted by Crippen LogP contribution is -2.31. The summed E-state index contributed by atoms with van der Waals surface area (Å²) in [6.45, 7) is 7.21. The highest BCUT2D eigenvalue weighted by Gasteiger charge is 2.29. The molecular formula is C17H23ClN2O. The molecule has 2 aromatic rings. The largest absolute Gasteiger partial charge is 0.381 e. The first-order valence-corrected chi connectivity index (χ1v) is 8.24. The van der Waals surface area contributed by atoms with Gasteiger partial charge in [-0.25, -0.2) is 4.98 Å². The molecule has 0 radical (unpaired) electrons. The summed E-state index contributed by atoms with van der Waals surface area (Å²) in [4.78, 5) is 4.81. The Hall–Kier alpha value is -1.06. The Morgan fingerprint density at radius 3 is 2.81 bits per heavy atom. The zero-order valence-electron chi connectivity index (χ0n) is 12.9. The van der Waals surface area contributed by atoms with Crippen LogP contribution in [0.5, 0.6) is 0 Å². The summed E-state index contributed by atoms with van der Waals surface area (Å²) in [5.74, 6) is 1.72. The first kappa shape index (κ1) is 14.9. The molecule has 0 unspecified atom stereocenters. The zero-order valence-corrected chi connectivity index (χ0v) is 13.6. The Bertz CT molecular complexity index is 629. The molecule has 1 fully saturated rings. The lowest BCUT2D eigenvalue weighted by atomic mass is 9.82. The molecule has 21 heavy (non-hydrogen) atoms. The summed E-state index contributed by atoms with van der Waals surface area (Å²) in [5.41, 5.74) is 3.86. The van der Waals surface area contributed by atoms with Crippen LogP contribution in [0.4, 0.5) is 0 Å². The van der Waals surface area contributed by atoms with Gasteiger partial charge in [0, 0.05) is 32.1 Å². The van der Waals surface area contributed by atoms with Gasteiger partial charge in [-0.1, -0.05) is 13.0 Å². The van der Waals surface area contributed by atoms with E-state index in [-0.39, 0.29) is 5.41 Å². The van der Waals surface area contributed by atoms with Crippen molar-refractivity contribution in [1.82, 2.24) is 9.55 Å². The van der Waals surface area contributed by atoms with Crippen molar-refractivity contribution in [2.45, 2.75) is 39.7 Å². The van der Waals surface area contributed by atoms with Gasteiger partial charge >= 0.3 is 0 Å². The molecule has 3 nitrogen and oxygen atoms in total. The van der Waals surface area contributed by atoms with Gasteiger partial charge in [0.2, 0.25) is 0 Å². The van der Waals surface area contributed by atoms with Gasteiger partial charge in [-0.3, -0.25) is 0 Å². The SMILES string of the molecule is Cc1ccc2c(c1)nc(CCCl)n2CC1(C)CCOCC1. The fourth-order valence-electron chi connectivity index (χ4n) is 3.15. The molecule has 0 saturated carbocycles. The molecule has 1 aliphatic rings. The monoisotopic (exact) mass is 306 g/mol. The van der Waals surface area contributed by atoms with Crippen molar-refractivity contribution in [1.29, 1.82) is 0 Å². The van der Waals surface area contributed by atoms with E-state index in [1.807, 2.05) is 0 Å². The van der Waals surface area contributed by atoms with E-state index in [0.29, 0.717) is 5.88 Å². The van der Waals surface area contributed by atoms with E-state index >= 15 is 0 Å². The lowest BCUT2D eigenvalue weighted by Gasteiger charge is -2.34. The van der Waals surface area contributed by atoms with Crippen LogP contribution in [-0.2, 0) is 17.7 Å². The van der Waals surface area contributed by atoms with Crippen LogP contribution in [0.15, 0.2) is 18.2 Å². The summed E-state index contributed by atoms with van der Waals surface area (Å²) in [6, 6.07) is 6.52. The Morgan fingerprint density at radius 2 is 2.10 bits per heavy atom. The van der Waals surface area contributed by atoms with Crippen molar-refractivity contribution in [2.24, 2.45) is 5.41 Å². The summed E-state index contributed by atoms with van der Waals surface area (Å²) in [7, 11) is 0. The molecule has 1 aromatic heterocycles. The van der Waals surface area contributed by atoms with E-state index in [4.69, 9.17) is 21.3 Å². The summed E-state index contributed by atoms with van der Waals surface area (Å²) in [6.07, 6.45) is 3.04. The number of alkyl halides is 1. The highest BCUT2D eigenvalue weighted by atomic mass is 35.5. The van der Waals surface area contributed by atoms with Gasteiger partial charge in [-0.05, 0) is 42.9 Å². The zero-order chi connectivity index (χ0) is 14.9. The molecule has 1 aromatic carbocycles. The predicted molar refractivity (Wildman–Crippen MR) is 87.1 cm³/mol. The third kappa shape index (κ3) is 3.09. The van der Waals surface area contributed by atoms with Gasteiger partial charge in [0.05, 0.1) is 11.0 Å². The van der Waals surface area contributed by atoms with Crippen molar-refractivity contribution < 1.29 is 4.74 Å². The topological polar surface area (TPSA) is 27.1 Å². The minimum atomic E-state index is 0.290. The number of benzene rings is 1. The number of rotatable bonds is 4. The highest BCUT2D eigenvalue weighted by molar-refractivity contribution is 6.17. The first-order chi connectivity index (χ1) is 10.1. The van der Waals surface area contributed by atoms with E-state index < -0.39 is 0 Å². The van der Waals surface area contributed by atoms with Crippen LogP contribution in [0.25, 0.3) is 11.0 Å². The van der Waals surface area contributed by atoms with Crippen molar-refractivity contribution in [3.8, 4) is 0 Å². The lowest BCUT2D eigenvalue weighted by molar-refractivity contribution is 0.0157. The van der Waals surface area contributed by atoms with E-state index in [1.165, 1.54) is 11.1 Å². The van der Waals surface area contributed by atoms with Crippen molar-refractivity contribution in [3.05, 3.63) is 29.6 Å². The molecule has 0 spiro atoms. The van der Waals surface area contributed by atoms with E-state index in [1.54, 1.807) is 0 Å². The van der Waals surface area contributed by atoms with E-state index in [2.05, 4.69) is 36.6 Å². The fraction of sp³-hybridized carbons (Fsp3) is 0.588. The molecule has 0 aliphatic carbocycles. The van der Waals surface area contributed by atoms with Crippen molar-refractivity contribution in [3.63, 3.8) is 0 Å². The number of nitrogens with zero attached hydrogens (tertiary/aromatic N) is 2. The molecular weight excluding hydrogens is 284 g/mol. The molecule has 0 amide bonds. The molecule has 114 valence electrons. The van der Waals surface area contributed by atoms with E-state index in [0.717, 1.165) is 50.4 Å². The summed E-state index contributed by atoms with van der Waals surface area (Å²) >= 11 is 5.97. The summed E-state index contributed by atoms with van der Waals surface area (Å²) in [5, 5.41) is 0. The van der Waals surface area contributed by atoms with Crippen LogP contribution >= 0.6 is 11.6 Å². The molecule has 2 heterocycles. The minimum absolute atomic E-state index is 0.290. The van der Waals surface area contributed by atoms with Crippen LogP contribution in [-0.4, -0.2) is 28.6 Å². The Kier molecular flexibility index (Phi) is 4.23. The van der Waals surface area contributed by atoms with Gasteiger partial charge < -0.3 is 9.30 Å². The van der Waals surface area contributed by atoms with Gasteiger partial charge in [0.15, 0.2) is 0 Å². The van der Waals surface area contributed by atoms with Crippen LogP contribution in [0.2, 0.25) is 0 Å². The molecule has 1 aliphatic heterocycles. The van der Waals surface area contributed by atoms with Gasteiger partial charge in [-0.15, -0.1) is 11.6 Å². The minimum Gasteiger partial charge on any atom is -0.381 e. The van der Waals surface area contributed by atoms with Crippen LogP contribution < -0.4 is 0 Å². The number of hydrogen-bond donors (Lipinski definition) is 0. The second-order valence-corrected chi connectivity index (χ2v) is 6.85. The van der Waals surface area contributed by atoms with Gasteiger partial charge in [-0.2, -0.15) is 0 Å². The van der Waals surface area contributed by atoms with Crippen molar-refractivity contribution >= 4 is 22.6 Å². The molecule has 1 saturated heterocycles. The number of ether oxygens (including phenoxy) is 1. The third-order valence-electron chi connectivity index (χ3n) is 4.54. The average molecular weight is 307 g/mol. The van der Waals surface area contributed by atoms with Gasteiger partial charge in [0.25, 0.3) is 0 Å². The fourth-order valence-corrected chi connectivity index (χ4v) is 3.31. The Labute approximate surface area is 131 Å². The average Bonchev–Trinajstić information content (AvgIpc) is 2.76. The standard InChI is InChI=1S/C17H23ClN2O/c1-13-3-4-15-14(11-13)19-16(5-8-18)20(15)12-17(2)6-9-21-10-7-17/h3-4,11H,5-10,12H2,1-2H3. The number of halogens is 1. The van der Waals surface area contributed by atoms with Gasteiger partial charge in [0.1, 0.15) is 5.82 Å². The maximum absolute atomic E-state index is 5.97. The maximum atomic E-state index is 5.97. The number of fused-ring (bicyclic) bond motifs is 1. The molecule has 4 heteroatoms. The normalized spacial score (nSPS) is 18.2. The van der Waals surface area contributed by atoms with E-state index in [9.17, 15) is 0 Å². The number of hydrogen-bond acceptors (Lipinski definition) is 2. The Morgan fingerprint density at radius 1 is 1.33 bits per heavy atom. The summed E-state index contributed by atoms with van der Waals surface area (Å²) < 4.78 is 7.90. The molecule has 0 atom stereocenters. The molecule has 0 N–H and O–H groups in total. The second-order valence-electron chi connectivity index (χ2n) is 6.47. The molecule has 3 rings (SSSR count). The third-order valence-corrected chi connectivity index (χ3v) is 4.73. The Balaban J connectivity index is 2.00. The number of imidazole rings is 1. The van der Waals surface area contributed by atoms with Crippen LogP contribution in [0.3, 0.4) is 0 Å². The second kappa shape index (κ2) is 5.98. The number of aromatic nitrogens is 2. The highest BCUT2D eigenvalue weighted by Crippen LogP contribution is 2.33. The molecule has 0 bridgehead atoms. The quantitative estimate of drug-likeness (QED) is 0.800. The van der Waals surface area contributed by atoms with Crippen LogP contribution in [0, 0.1) is 12.3 Å². The number of aryl methyl sites for hydroxylation is 2. The predicted octanol–water partition coefficient (Wildman–Crippen LogP) is 3.94. The smallest absolute Gasteiger partial charge is 0.111 e. The van der Waals surface area contributed by atoms with Crippen LogP contribution in [0.1, 0.15) is 31.2 Å². The first-order valence-electron chi connectivity index (χ1n) is 7.71.